The van der Waals surface area contributed by atoms with Gasteiger partial charge in [0.2, 0.25) is 0 Å². The number of carbonyl (C=O) groups excluding carboxylic acids is 2. The second-order valence-electron chi connectivity index (χ2n) is 8.48. The lowest BCUT2D eigenvalue weighted by atomic mass is 9.99. The zero-order valence-corrected chi connectivity index (χ0v) is 20.3. The molecule has 0 atom stereocenters. The van der Waals surface area contributed by atoms with Gasteiger partial charge in [-0.25, -0.2) is 4.90 Å². The van der Waals surface area contributed by atoms with E-state index >= 15 is 0 Å². The predicted octanol–water partition coefficient (Wildman–Crippen LogP) is 5.33. The molecule has 0 bridgehead atoms. The van der Waals surface area contributed by atoms with E-state index in [0.29, 0.717) is 34.0 Å². The third kappa shape index (κ3) is 4.03. The van der Waals surface area contributed by atoms with Gasteiger partial charge in [-0.15, -0.1) is 0 Å². The molecule has 4 rings (SSSR count). The molecule has 0 aromatic heterocycles. The van der Waals surface area contributed by atoms with E-state index in [2.05, 4.69) is 5.32 Å². The van der Waals surface area contributed by atoms with Gasteiger partial charge in [-0.05, 0) is 73.7 Å². The maximum atomic E-state index is 13.8. The summed E-state index contributed by atoms with van der Waals surface area (Å²) in [6, 6.07) is 16.8. The van der Waals surface area contributed by atoms with Crippen LogP contribution in [0.1, 0.15) is 27.8 Å². The Kier molecular flexibility index (Phi) is 6.16. The molecule has 0 radical (unpaired) electrons. The molecule has 0 spiro atoms. The molecule has 0 saturated heterocycles. The summed E-state index contributed by atoms with van der Waals surface area (Å²) < 4.78 is 10.8. The van der Waals surface area contributed by atoms with Gasteiger partial charge >= 0.3 is 0 Å². The minimum absolute atomic E-state index is 0.206. The van der Waals surface area contributed by atoms with Crippen molar-refractivity contribution in [3.8, 4) is 11.5 Å². The van der Waals surface area contributed by atoms with Gasteiger partial charge in [0.1, 0.15) is 17.2 Å². The molecule has 2 amide bonds. The minimum Gasteiger partial charge on any atom is -0.497 e. The number of anilines is 2. The van der Waals surface area contributed by atoms with Gasteiger partial charge < -0.3 is 14.8 Å². The van der Waals surface area contributed by atoms with E-state index in [4.69, 9.17) is 9.47 Å². The lowest BCUT2D eigenvalue weighted by molar-refractivity contribution is -0.120. The lowest BCUT2D eigenvalue weighted by Crippen LogP contribution is -2.33. The van der Waals surface area contributed by atoms with Crippen molar-refractivity contribution in [3.63, 3.8) is 0 Å². The normalized spacial score (nSPS) is 13.5. The highest BCUT2D eigenvalue weighted by Gasteiger charge is 2.41. The highest BCUT2D eigenvalue weighted by Crippen LogP contribution is 2.38. The molecule has 6 heteroatoms. The second-order valence-corrected chi connectivity index (χ2v) is 8.48. The number of rotatable bonds is 6. The number of hydrogen-bond acceptors (Lipinski definition) is 5. The standard InChI is InChI=1S/C28H28N2O4/c1-16-7-8-18(3)23(13-16)30-27(31)25(20-10-9-17(2)19(4)14-20)26(28(30)32)29-22-12-11-21(33-5)15-24(22)34-6/h7-15,29H,1-6H3. The summed E-state index contributed by atoms with van der Waals surface area (Å²) in [6.07, 6.45) is 0. The van der Waals surface area contributed by atoms with Crippen molar-refractivity contribution in [1.82, 2.24) is 0 Å². The van der Waals surface area contributed by atoms with Crippen molar-refractivity contribution in [3.05, 3.63) is 88.1 Å². The zero-order chi connectivity index (χ0) is 24.6. The largest absolute Gasteiger partial charge is 0.497 e. The van der Waals surface area contributed by atoms with Crippen molar-refractivity contribution < 1.29 is 19.1 Å². The molecule has 1 aliphatic rings. The topological polar surface area (TPSA) is 67.9 Å². The zero-order valence-electron chi connectivity index (χ0n) is 20.3. The van der Waals surface area contributed by atoms with E-state index < -0.39 is 5.91 Å². The number of benzene rings is 3. The summed E-state index contributed by atoms with van der Waals surface area (Å²) in [5.41, 5.74) is 6.31. The molecule has 1 N–H and O–H groups in total. The molecular weight excluding hydrogens is 428 g/mol. The average Bonchev–Trinajstić information content (AvgIpc) is 3.06. The molecule has 0 aliphatic carbocycles. The smallest absolute Gasteiger partial charge is 0.282 e. The maximum absolute atomic E-state index is 13.8. The van der Waals surface area contributed by atoms with Gasteiger partial charge in [0.25, 0.3) is 11.8 Å². The maximum Gasteiger partial charge on any atom is 0.282 e. The molecular formula is C28H28N2O4. The second kappa shape index (κ2) is 9.06. The van der Waals surface area contributed by atoms with Crippen molar-refractivity contribution in [2.75, 3.05) is 24.4 Å². The summed E-state index contributed by atoms with van der Waals surface area (Å²) in [6.45, 7) is 7.83. The Balaban J connectivity index is 1.88. The van der Waals surface area contributed by atoms with Crippen LogP contribution in [0.25, 0.3) is 5.57 Å². The number of hydrogen-bond donors (Lipinski definition) is 1. The van der Waals surface area contributed by atoms with Gasteiger partial charge in [-0.1, -0.05) is 30.3 Å². The fourth-order valence-electron chi connectivity index (χ4n) is 4.03. The Morgan fingerprint density at radius 1 is 0.735 bits per heavy atom. The fraction of sp³-hybridized carbons (Fsp3) is 0.214. The number of nitrogens with zero attached hydrogens (tertiary/aromatic N) is 1. The molecule has 3 aromatic carbocycles. The summed E-state index contributed by atoms with van der Waals surface area (Å²) in [4.78, 5) is 28.8. The molecule has 0 unspecified atom stereocenters. The Labute approximate surface area is 199 Å². The van der Waals surface area contributed by atoms with Gasteiger partial charge in [-0.3, -0.25) is 9.59 Å². The highest BCUT2D eigenvalue weighted by molar-refractivity contribution is 6.46. The van der Waals surface area contributed by atoms with Crippen LogP contribution in [0.15, 0.2) is 60.3 Å². The van der Waals surface area contributed by atoms with E-state index in [0.717, 1.165) is 22.3 Å². The van der Waals surface area contributed by atoms with Crippen LogP contribution in [0, 0.1) is 27.7 Å². The number of carbonyl (C=O) groups is 2. The lowest BCUT2D eigenvalue weighted by Gasteiger charge is -2.19. The molecule has 6 nitrogen and oxygen atoms in total. The van der Waals surface area contributed by atoms with Crippen LogP contribution in [0.2, 0.25) is 0 Å². The molecule has 3 aromatic rings. The van der Waals surface area contributed by atoms with Crippen molar-refractivity contribution in [2.24, 2.45) is 0 Å². The third-order valence-electron chi connectivity index (χ3n) is 6.15. The van der Waals surface area contributed by atoms with Crippen LogP contribution >= 0.6 is 0 Å². The predicted molar refractivity (Wildman–Crippen MR) is 134 cm³/mol. The molecule has 174 valence electrons. The number of nitrogens with one attached hydrogen (secondary N) is 1. The van der Waals surface area contributed by atoms with Crippen LogP contribution in [0.5, 0.6) is 11.5 Å². The number of amides is 2. The Hall–Kier alpha value is -4.06. The van der Waals surface area contributed by atoms with Crippen molar-refractivity contribution >= 4 is 28.8 Å². The molecule has 34 heavy (non-hydrogen) atoms. The van der Waals surface area contributed by atoms with Gasteiger partial charge in [0.05, 0.1) is 31.2 Å². The first-order chi connectivity index (χ1) is 16.2. The summed E-state index contributed by atoms with van der Waals surface area (Å²) in [5, 5.41) is 3.20. The van der Waals surface area contributed by atoms with Crippen LogP contribution in [0.4, 0.5) is 11.4 Å². The quantitative estimate of drug-likeness (QED) is 0.508. The summed E-state index contributed by atoms with van der Waals surface area (Å²) in [7, 11) is 3.12. The Morgan fingerprint density at radius 2 is 1.47 bits per heavy atom. The highest BCUT2D eigenvalue weighted by atomic mass is 16.5. The van der Waals surface area contributed by atoms with Gasteiger partial charge in [0.15, 0.2) is 0 Å². The third-order valence-corrected chi connectivity index (χ3v) is 6.15. The van der Waals surface area contributed by atoms with Crippen molar-refractivity contribution in [2.45, 2.75) is 27.7 Å². The molecule has 1 heterocycles. The SMILES string of the molecule is COc1ccc(NC2=C(c3ccc(C)c(C)c3)C(=O)N(c3cc(C)ccc3C)C2=O)c(OC)c1. The molecule has 0 fully saturated rings. The van der Waals surface area contributed by atoms with Gasteiger partial charge in [0, 0.05) is 6.07 Å². The number of ether oxygens (including phenoxy) is 2. The van der Waals surface area contributed by atoms with Crippen LogP contribution in [0.3, 0.4) is 0 Å². The van der Waals surface area contributed by atoms with E-state index in [1.807, 2.05) is 64.1 Å². The minimum atomic E-state index is -0.412. The van der Waals surface area contributed by atoms with E-state index in [9.17, 15) is 9.59 Å². The van der Waals surface area contributed by atoms with Crippen molar-refractivity contribution in [1.29, 1.82) is 0 Å². The Morgan fingerprint density at radius 3 is 2.15 bits per heavy atom. The number of aryl methyl sites for hydroxylation is 4. The monoisotopic (exact) mass is 456 g/mol. The Bertz CT molecular complexity index is 1340. The molecule has 0 saturated carbocycles. The van der Waals surface area contributed by atoms with Gasteiger partial charge in [-0.2, -0.15) is 0 Å². The number of methoxy groups -OCH3 is 2. The first kappa shape index (κ1) is 23.1. The fourth-order valence-corrected chi connectivity index (χ4v) is 4.03. The summed E-state index contributed by atoms with van der Waals surface area (Å²) in [5.74, 6) is 0.343. The number of imide groups is 1. The average molecular weight is 457 g/mol. The van der Waals surface area contributed by atoms with Crippen LogP contribution in [-0.2, 0) is 9.59 Å². The summed E-state index contributed by atoms with van der Waals surface area (Å²) >= 11 is 0. The van der Waals surface area contributed by atoms with E-state index in [1.165, 1.54) is 4.90 Å². The van der Waals surface area contributed by atoms with Crippen LogP contribution < -0.4 is 19.7 Å². The molecule has 1 aliphatic heterocycles. The van der Waals surface area contributed by atoms with E-state index in [-0.39, 0.29) is 11.6 Å². The van der Waals surface area contributed by atoms with Crippen LogP contribution in [-0.4, -0.2) is 26.0 Å². The van der Waals surface area contributed by atoms with E-state index in [1.54, 1.807) is 32.4 Å². The first-order valence-corrected chi connectivity index (χ1v) is 11.0. The first-order valence-electron chi connectivity index (χ1n) is 11.0.